The van der Waals surface area contributed by atoms with Crippen LogP contribution in [-0.4, -0.2) is 27.1 Å². The van der Waals surface area contributed by atoms with E-state index >= 15 is 0 Å². The first-order valence-corrected chi connectivity index (χ1v) is 4.95. The van der Waals surface area contributed by atoms with Gasteiger partial charge in [0.1, 0.15) is 0 Å². The van der Waals surface area contributed by atoms with Crippen LogP contribution in [0.25, 0.3) is 0 Å². The molecule has 80 valence electrons. The van der Waals surface area contributed by atoms with Gasteiger partial charge in [0.2, 0.25) is 11.9 Å². The lowest BCUT2D eigenvalue weighted by Gasteiger charge is -2.19. The Hall–Kier alpha value is -1.49. The van der Waals surface area contributed by atoms with Crippen molar-refractivity contribution < 1.29 is 9.90 Å². The number of rotatable bonds is 1. The second-order valence-corrected chi connectivity index (χ2v) is 3.74. The highest BCUT2D eigenvalue weighted by Gasteiger charge is 2.18. The highest BCUT2D eigenvalue weighted by atomic mass is 16.3. The number of carbonyl (C=O) groups excluding carboxylic acids is 1. The first kappa shape index (κ1) is 10.0. The van der Waals surface area contributed by atoms with Crippen molar-refractivity contribution in [2.75, 3.05) is 5.32 Å². The SMILES string of the molecule is CC(=O)Nc1ncc2c(n1)CCC(O)C2. The van der Waals surface area contributed by atoms with Crippen LogP contribution >= 0.6 is 0 Å². The summed E-state index contributed by atoms with van der Waals surface area (Å²) in [6.07, 6.45) is 3.47. The van der Waals surface area contributed by atoms with Crippen molar-refractivity contribution in [2.45, 2.75) is 32.3 Å². The minimum Gasteiger partial charge on any atom is -0.393 e. The van der Waals surface area contributed by atoms with E-state index in [0.29, 0.717) is 12.4 Å². The standard InChI is InChI=1S/C10H13N3O2/c1-6(14)12-10-11-5-7-4-8(15)2-3-9(7)13-10/h5,8,15H,2-4H2,1H3,(H,11,12,13,14). The Morgan fingerprint density at radius 1 is 1.67 bits per heavy atom. The maximum Gasteiger partial charge on any atom is 0.229 e. The van der Waals surface area contributed by atoms with Gasteiger partial charge >= 0.3 is 0 Å². The molecule has 5 heteroatoms. The van der Waals surface area contributed by atoms with Crippen LogP contribution in [-0.2, 0) is 17.6 Å². The minimum absolute atomic E-state index is 0.175. The molecule has 0 saturated carbocycles. The molecule has 0 bridgehead atoms. The second kappa shape index (κ2) is 3.94. The zero-order valence-corrected chi connectivity index (χ0v) is 8.53. The first-order valence-electron chi connectivity index (χ1n) is 4.95. The van der Waals surface area contributed by atoms with Crippen molar-refractivity contribution in [3.8, 4) is 0 Å². The first-order chi connectivity index (χ1) is 7.15. The third kappa shape index (κ3) is 2.30. The van der Waals surface area contributed by atoms with Gasteiger partial charge in [-0.1, -0.05) is 0 Å². The van der Waals surface area contributed by atoms with Crippen molar-refractivity contribution >= 4 is 11.9 Å². The summed E-state index contributed by atoms with van der Waals surface area (Å²) >= 11 is 0. The molecule has 5 nitrogen and oxygen atoms in total. The maximum absolute atomic E-state index is 10.8. The highest BCUT2D eigenvalue weighted by Crippen LogP contribution is 2.19. The summed E-state index contributed by atoms with van der Waals surface area (Å²) in [4.78, 5) is 19.0. The quantitative estimate of drug-likeness (QED) is 0.693. The number of aliphatic hydroxyl groups excluding tert-OH is 1. The Morgan fingerprint density at radius 2 is 2.47 bits per heavy atom. The lowest BCUT2D eigenvalue weighted by atomic mass is 9.95. The van der Waals surface area contributed by atoms with Crippen molar-refractivity contribution in [2.24, 2.45) is 0 Å². The molecule has 1 atom stereocenters. The molecule has 1 aliphatic rings. The van der Waals surface area contributed by atoms with E-state index in [2.05, 4.69) is 15.3 Å². The van der Waals surface area contributed by atoms with Crippen LogP contribution in [0.3, 0.4) is 0 Å². The lowest BCUT2D eigenvalue weighted by Crippen LogP contribution is -2.21. The normalized spacial score (nSPS) is 19.5. The Morgan fingerprint density at radius 3 is 3.20 bits per heavy atom. The van der Waals surface area contributed by atoms with E-state index in [1.54, 1.807) is 6.20 Å². The number of amides is 1. The molecule has 1 aliphatic carbocycles. The number of aromatic nitrogens is 2. The third-order valence-corrected chi connectivity index (χ3v) is 2.41. The van der Waals surface area contributed by atoms with Gasteiger partial charge in [0.15, 0.2) is 0 Å². The predicted molar refractivity (Wildman–Crippen MR) is 54.4 cm³/mol. The minimum atomic E-state index is -0.285. The number of fused-ring (bicyclic) bond motifs is 1. The predicted octanol–water partition coefficient (Wildman–Crippen LogP) is 0.285. The monoisotopic (exact) mass is 207 g/mol. The molecule has 2 N–H and O–H groups in total. The smallest absolute Gasteiger partial charge is 0.229 e. The molecule has 1 aromatic rings. The summed E-state index contributed by atoms with van der Waals surface area (Å²) in [6, 6.07) is 0. The van der Waals surface area contributed by atoms with E-state index in [0.717, 1.165) is 24.1 Å². The average Bonchev–Trinajstić information content (AvgIpc) is 2.17. The van der Waals surface area contributed by atoms with Crippen molar-refractivity contribution in [3.05, 3.63) is 17.5 Å². The summed E-state index contributed by atoms with van der Waals surface area (Å²) in [6.45, 7) is 1.42. The van der Waals surface area contributed by atoms with Crippen LogP contribution in [0.15, 0.2) is 6.20 Å². The van der Waals surface area contributed by atoms with Gasteiger partial charge in [0.05, 0.1) is 6.10 Å². The van der Waals surface area contributed by atoms with Gasteiger partial charge in [-0.25, -0.2) is 9.97 Å². The molecule has 0 aromatic carbocycles. The van der Waals surface area contributed by atoms with E-state index in [-0.39, 0.29) is 12.0 Å². The fourth-order valence-corrected chi connectivity index (χ4v) is 1.71. The molecule has 1 aromatic heterocycles. The molecule has 0 saturated heterocycles. The molecule has 0 fully saturated rings. The molecule has 0 radical (unpaired) electrons. The van der Waals surface area contributed by atoms with Crippen LogP contribution < -0.4 is 5.32 Å². The fourth-order valence-electron chi connectivity index (χ4n) is 1.71. The molecule has 1 heterocycles. The zero-order chi connectivity index (χ0) is 10.8. The lowest BCUT2D eigenvalue weighted by molar-refractivity contribution is -0.114. The number of aryl methyl sites for hydroxylation is 1. The highest BCUT2D eigenvalue weighted by molar-refractivity contribution is 5.86. The topological polar surface area (TPSA) is 75.1 Å². The summed E-state index contributed by atoms with van der Waals surface area (Å²) < 4.78 is 0. The molecular formula is C10H13N3O2. The van der Waals surface area contributed by atoms with Gasteiger partial charge in [0.25, 0.3) is 0 Å². The van der Waals surface area contributed by atoms with Gasteiger partial charge in [-0.3, -0.25) is 10.1 Å². The summed E-state index contributed by atoms with van der Waals surface area (Å²) in [5.41, 5.74) is 1.90. The van der Waals surface area contributed by atoms with Gasteiger partial charge in [-0.15, -0.1) is 0 Å². The Bertz CT molecular complexity index is 392. The molecule has 2 rings (SSSR count). The molecule has 1 unspecified atom stereocenters. The Kier molecular flexibility index (Phi) is 2.64. The number of anilines is 1. The van der Waals surface area contributed by atoms with Gasteiger partial charge < -0.3 is 5.11 Å². The number of hydrogen-bond acceptors (Lipinski definition) is 4. The van der Waals surface area contributed by atoms with E-state index < -0.39 is 0 Å². The summed E-state index contributed by atoms with van der Waals surface area (Å²) in [7, 11) is 0. The number of nitrogens with one attached hydrogen (secondary N) is 1. The van der Waals surface area contributed by atoms with E-state index in [1.165, 1.54) is 6.92 Å². The summed E-state index contributed by atoms with van der Waals surface area (Å²) in [5.74, 6) is 0.170. The van der Waals surface area contributed by atoms with E-state index in [9.17, 15) is 9.90 Å². The molecular weight excluding hydrogens is 194 g/mol. The molecule has 0 aliphatic heterocycles. The third-order valence-electron chi connectivity index (χ3n) is 2.41. The van der Waals surface area contributed by atoms with Crippen molar-refractivity contribution in [1.82, 2.24) is 9.97 Å². The van der Waals surface area contributed by atoms with Crippen molar-refractivity contribution in [1.29, 1.82) is 0 Å². The molecule has 1 amide bonds. The average molecular weight is 207 g/mol. The Balaban J connectivity index is 2.23. The van der Waals surface area contributed by atoms with Crippen LogP contribution in [0, 0.1) is 0 Å². The van der Waals surface area contributed by atoms with E-state index in [1.807, 2.05) is 0 Å². The second-order valence-electron chi connectivity index (χ2n) is 3.74. The molecule has 15 heavy (non-hydrogen) atoms. The fraction of sp³-hybridized carbons (Fsp3) is 0.500. The van der Waals surface area contributed by atoms with Gasteiger partial charge in [-0.05, 0) is 18.4 Å². The summed E-state index contributed by atoms with van der Waals surface area (Å²) in [5, 5.41) is 12.0. The number of nitrogens with zero attached hydrogens (tertiary/aromatic N) is 2. The van der Waals surface area contributed by atoms with Crippen LogP contribution in [0.5, 0.6) is 0 Å². The maximum atomic E-state index is 10.8. The van der Waals surface area contributed by atoms with Crippen LogP contribution in [0.2, 0.25) is 0 Å². The number of aliphatic hydroxyl groups is 1. The zero-order valence-electron chi connectivity index (χ0n) is 8.53. The molecule has 0 spiro atoms. The number of carbonyl (C=O) groups is 1. The van der Waals surface area contributed by atoms with Crippen molar-refractivity contribution in [3.63, 3.8) is 0 Å². The van der Waals surface area contributed by atoms with Gasteiger partial charge in [0, 0.05) is 25.2 Å². The van der Waals surface area contributed by atoms with E-state index in [4.69, 9.17) is 0 Å². The van der Waals surface area contributed by atoms with Crippen LogP contribution in [0.4, 0.5) is 5.95 Å². The van der Waals surface area contributed by atoms with Crippen LogP contribution in [0.1, 0.15) is 24.6 Å². The van der Waals surface area contributed by atoms with Gasteiger partial charge in [-0.2, -0.15) is 0 Å². The largest absolute Gasteiger partial charge is 0.393 e. The number of hydrogen-bond donors (Lipinski definition) is 2. The Labute approximate surface area is 87.6 Å².